The van der Waals surface area contributed by atoms with Gasteiger partial charge in [0.25, 0.3) is 0 Å². The molecule has 0 bridgehead atoms. The van der Waals surface area contributed by atoms with Gasteiger partial charge in [-0.25, -0.2) is 4.99 Å². The van der Waals surface area contributed by atoms with E-state index in [4.69, 9.17) is 11.1 Å². The number of rotatable bonds is 9. The van der Waals surface area contributed by atoms with Crippen molar-refractivity contribution in [2.45, 2.75) is 6.61 Å². The topological polar surface area (TPSA) is 101 Å². The van der Waals surface area contributed by atoms with E-state index in [2.05, 4.69) is 15.0 Å². The molecule has 0 radical (unpaired) electrons. The molecule has 0 heterocycles. The lowest BCUT2D eigenvalue weighted by Crippen LogP contribution is -2.20. The van der Waals surface area contributed by atoms with Crippen LogP contribution in [-0.4, -0.2) is 23.8 Å². The van der Waals surface area contributed by atoms with Crippen molar-refractivity contribution in [2.75, 3.05) is 5.32 Å². The third-order valence-electron chi connectivity index (χ3n) is 3.33. The summed E-state index contributed by atoms with van der Waals surface area (Å²) in [6, 6.07) is 14.6. The first-order valence-corrected chi connectivity index (χ1v) is 8.13. The van der Waals surface area contributed by atoms with Gasteiger partial charge in [-0.15, -0.1) is 0 Å². The van der Waals surface area contributed by atoms with Gasteiger partial charge in [0.2, 0.25) is 5.78 Å². The highest BCUT2D eigenvalue weighted by molar-refractivity contribution is 6.70. The minimum atomic E-state index is -2.89. The van der Waals surface area contributed by atoms with E-state index in [-0.39, 0.29) is 17.2 Å². The monoisotopic (exact) mass is 384 g/mol. The fourth-order valence-electron chi connectivity index (χ4n) is 2.06. The lowest BCUT2D eigenvalue weighted by Gasteiger charge is -2.05. The Bertz CT molecular complexity index is 892. The molecule has 0 fully saturated rings. The van der Waals surface area contributed by atoms with Crippen LogP contribution in [0.4, 0.5) is 20.2 Å². The number of hydrogen-bond acceptors (Lipinski definition) is 6. The molecule has 0 spiro atoms. The Morgan fingerprint density at radius 2 is 1.79 bits per heavy atom. The molecular formula is C20H18F2N4O2. The molecular weight excluding hydrogens is 366 g/mol. The van der Waals surface area contributed by atoms with Crippen LogP contribution in [0.2, 0.25) is 0 Å². The van der Waals surface area contributed by atoms with Crippen molar-refractivity contribution in [2.24, 2.45) is 10.7 Å². The molecule has 0 amide bonds. The average Bonchev–Trinajstić information content (AvgIpc) is 2.68. The molecule has 0 aromatic heterocycles. The second kappa shape index (κ2) is 10.4. The molecule has 0 aliphatic rings. The van der Waals surface area contributed by atoms with Gasteiger partial charge in [0.1, 0.15) is 11.5 Å². The molecule has 2 aromatic carbocycles. The maximum Gasteiger partial charge on any atom is 0.387 e. The molecule has 8 heteroatoms. The summed E-state index contributed by atoms with van der Waals surface area (Å²) in [6.45, 7) is -2.89. The summed E-state index contributed by atoms with van der Waals surface area (Å²) in [5.41, 5.74) is 6.31. The van der Waals surface area contributed by atoms with Gasteiger partial charge in [0.05, 0.1) is 11.4 Å². The molecule has 0 atom stereocenters. The second-order valence-corrected chi connectivity index (χ2v) is 5.31. The summed E-state index contributed by atoms with van der Waals surface area (Å²) in [5.74, 6) is -0.560. The summed E-state index contributed by atoms with van der Waals surface area (Å²) >= 11 is 0. The first kappa shape index (κ1) is 20.5. The highest BCUT2D eigenvalue weighted by atomic mass is 19.3. The lowest BCUT2D eigenvalue weighted by molar-refractivity contribution is -0.108. The number of anilines is 1. The summed E-state index contributed by atoms with van der Waals surface area (Å²) in [4.78, 5) is 16.4. The number of ketones is 1. The number of allylic oxidation sites excluding steroid dienone is 2. The Labute approximate surface area is 160 Å². The number of benzene rings is 2. The van der Waals surface area contributed by atoms with Gasteiger partial charge in [-0.1, -0.05) is 18.2 Å². The Morgan fingerprint density at radius 3 is 2.39 bits per heavy atom. The van der Waals surface area contributed by atoms with Gasteiger partial charge in [0, 0.05) is 18.0 Å². The van der Waals surface area contributed by atoms with Crippen molar-refractivity contribution in [3.8, 4) is 5.75 Å². The van der Waals surface area contributed by atoms with E-state index in [1.807, 2.05) is 6.07 Å². The summed E-state index contributed by atoms with van der Waals surface area (Å²) in [6.07, 6.45) is 5.08. The molecule has 144 valence electrons. The number of nitrogens with two attached hydrogens (primary N) is 1. The molecule has 0 aliphatic carbocycles. The molecule has 6 nitrogen and oxygen atoms in total. The Balaban J connectivity index is 2.01. The number of para-hydroxylation sites is 1. The smallest absolute Gasteiger partial charge is 0.387 e. The highest BCUT2D eigenvalue weighted by Crippen LogP contribution is 2.17. The average molecular weight is 384 g/mol. The summed E-state index contributed by atoms with van der Waals surface area (Å²) in [5, 5.41) is 10.8. The van der Waals surface area contributed by atoms with Crippen LogP contribution in [0.3, 0.4) is 0 Å². The van der Waals surface area contributed by atoms with E-state index < -0.39 is 12.4 Å². The van der Waals surface area contributed by atoms with Crippen molar-refractivity contribution in [3.63, 3.8) is 0 Å². The first-order chi connectivity index (χ1) is 13.5. The van der Waals surface area contributed by atoms with Crippen molar-refractivity contribution in [1.82, 2.24) is 0 Å². The fraction of sp³-hybridized carbons (Fsp3) is 0.0500. The molecule has 2 rings (SSSR count). The van der Waals surface area contributed by atoms with Gasteiger partial charge in [-0.2, -0.15) is 8.78 Å². The number of carbonyl (C=O) groups is 1. The number of hydrogen-bond donors (Lipinski definition) is 3. The first-order valence-electron chi connectivity index (χ1n) is 8.13. The van der Waals surface area contributed by atoms with Crippen LogP contribution in [0, 0.1) is 5.41 Å². The number of ether oxygens (including phenoxy) is 1. The third kappa shape index (κ3) is 6.49. The van der Waals surface area contributed by atoms with E-state index >= 15 is 0 Å². The summed E-state index contributed by atoms with van der Waals surface area (Å²) in [7, 11) is 0. The number of nitrogens with one attached hydrogen (secondary N) is 2. The molecule has 0 unspecified atom stereocenters. The maximum absolute atomic E-state index is 12.2. The lowest BCUT2D eigenvalue weighted by atomic mass is 10.1. The zero-order valence-corrected chi connectivity index (χ0v) is 14.7. The highest BCUT2D eigenvalue weighted by Gasteiger charge is 2.11. The van der Waals surface area contributed by atoms with Crippen LogP contribution in [-0.2, 0) is 4.79 Å². The van der Waals surface area contributed by atoms with Gasteiger partial charge < -0.3 is 15.8 Å². The summed E-state index contributed by atoms with van der Waals surface area (Å²) < 4.78 is 28.5. The van der Waals surface area contributed by atoms with E-state index in [1.165, 1.54) is 42.7 Å². The SMILES string of the molecule is N=C(C(=O)/C=C\Nc1ccc(OC(F)F)cc1)C(C=CN)=Nc1ccccc1. The number of alkyl halides is 2. The van der Waals surface area contributed by atoms with Crippen LogP contribution in [0.15, 0.2) is 84.1 Å². The van der Waals surface area contributed by atoms with Crippen LogP contribution in [0.1, 0.15) is 0 Å². The van der Waals surface area contributed by atoms with Crippen LogP contribution in [0.5, 0.6) is 5.75 Å². The Kier molecular flexibility index (Phi) is 7.59. The molecule has 0 saturated carbocycles. The fourth-order valence-corrected chi connectivity index (χ4v) is 2.06. The molecule has 4 N–H and O–H groups in total. The van der Waals surface area contributed by atoms with Crippen molar-refractivity contribution in [3.05, 3.63) is 79.1 Å². The number of halogens is 2. The Morgan fingerprint density at radius 1 is 1.11 bits per heavy atom. The zero-order chi connectivity index (χ0) is 20.4. The predicted molar refractivity (Wildman–Crippen MR) is 105 cm³/mol. The molecule has 28 heavy (non-hydrogen) atoms. The molecule has 0 aliphatic heterocycles. The standard InChI is InChI=1S/C20H18F2N4O2/c21-20(22)28-16-8-6-14(7-9-16)25-13-11-18(27)19(24)17(10-12-23)26-15-4-2-1-3-5-15/h1-13,20,24-25H,23H2/b12-10?,13-11-,24-19?,26-17?. The van der Waals surface area contributed by atoms with E-state index in [9.17, 15) is 13.6 Å². The number of carbonyl (C=O) groups excluding carboxylic acids is 1. The minimum absolute atomic E-state index is 0.0257. The third-order valence-corrected chi connectivity index (χ3v) is 3.33. The Hall–Kier alpha value is -3.81. The van der Waals surface area contributed by atoms with Crippen LogP contribution >= 0.6 is 0 Å². The van der Waals surface area contributed by atoms with Gasteiger partial charge in [-0.05, 0) is 48.7 Å². The largest absolute Gasteiger partial charge is 0.435 e. The van der Waals surface area contributed by atoms with Crippen molar-refractivity contribution in [1.29, 1.82) is 5.41 Å². The van der Waals surface area contributed by atoms with Gasteiger partial charge >= 0.3 is 6.61 Å². The normalized spacial score (nSPS) is 11.9. The number of nitrogens with zero attached hydrogens (tertiary/aromatic N) is 1. The maximum atomic E-state index is 12.2. The van der Waals surface area contributed by atoms with E-state index in [0.29, 0.717) is 11.4 Å². The molecule has 2 aromatic rings. The minimum Gasteiger partial charge on any atom is -0.435 e. The van der Waals surface area contributed by atoms with Crippen LogP contribution in [0.25, 0.3) is 0 Å². The quantitative estimate of drug-likeness (QED) is 0.448. The van der Waals surface area contributed by atoms with Crippen LogP contribution < -0.4 is 15.8 Å². The molecule has 0 saturated heterocycles. The zero-order valence-electron chi connectivity index (χ0n) is 14.7. The number of aliphatic imine (C=N–C) groups is 1. The predicted octanol–water partition coefficient (Wildman–Crippen LogP) is 4.05. The van der Waals surface area contributed by atoms with Gasteiger partial charge in [0.15, 0.2) is 0 Å². The second-order valence-electron chi connectivity index (χ2n) is 5.31. The van der Waals surface area contributed by atoms with E-state index in [0.717, 1.165) is 6.08 Å². The van der Waals surface area contributed by atoms with Gasteiger partial charge in [-0.3, -0.25) is 10.2 Å². The van der Waals surface area contributed by atoms with Crippen molar-refractivity contribution < 1.29 is 18.3 Å². The van der Waals surface area contributed by atoms with Crippen molar-refractivity contribution >= 4 is 28.6 Å². The van der Waals surface area contributed by atoms with E-state index in [1.54, 1.807) is 24.3 Å².